The first kappa shape index (κ1) is 20.9. The molecule has 0 aliphatic carbocycles. The van der Waals surface area contributed by atoms with Crippen molar-refractivity contribution < 1.29 is 9.59 Å². The number of carbonyl (C=O) groups is 2. The molecule has 1 aromatic heterocycles. The summed E-state index contributed by atoms with van der Waals surface area (Å²) < 4.78 is 0. The number of anilines is 1. The minimum atomic E-state index is -0.430. The van der Waals surface area contributed by atoms with Gasteiger partial charge in [0.1, 0.15) is 6.04 Å². The van der Waals surface area contributed by atoms with Crippen LogP contribution in [0.3, 0.4) is 0 Å². The van der Waals surface area contributed by atoms with Gasteiger partial charge in [-0.1, -0.05) is 6.07 Å². The first-order valence-corrected chi connectivity index (χ1v) is 11.8. The summed E-state index contributed by atoms with van der Waals surface area (Å²) >= 11 is 1.80. The van der Waals surface area contributed by atoms with Crippen LogP contribution >= 0.6 is 11.3 Å². The fraction of sp³-hybridized carbons (Fsp3) is 0.478. The molecule has 7 heteroatoms. The van der Waals surface area contributed by atoms with Crippen LogP contribution in [0.15, 0.2) is 41.8 Å². The molecule has 2 aliphatic rings. The molecule has 3 heterocycles. The summed E-state index contributed by atoms with van der Waals surface area (Å²) in [7, 11) is 0. The molecular formula is C23H30N4O2S. The Kier molecular flexibility index (Phi) is 7.02. The SMILES string of the molecule is O=C(N[C@H]1CCCCNC1=O)c1ccc(N2CCC(NCc3cccs3)CC2)cc1. The highest BCUT2D eigenvalue weighted by molar-refractivity contribution is 7.09. The van der Waals surface area contributed by atoms with Crippen molar-refractivity contribution in [3.63, 3.8) is 0 Å². The van der Waals surface area contributed by atoms with E-state index in [9.17, 15) is 9.59 Å². The Morgan fingerprint density at radius 1 is 1.10 bits per heavy atom. The van der Waals surface area contributed by atoms with Gasteiger partial charge in [0.15, 0.2) is 0 Å². The number of hydrogen-bond acceptors (Lipinski definition) is 5. The van der Waals surface area contributed by atoms with E-state index in [1.54, 1.807) is 11.3 Å². The van der Waals surface area contributed by atoms with Gasteiger partial charge in [-0.25, -0.2) is 0 Å². The monoisotopic (exact) mass is 426 g/mol. The van der Waals surface area contributed by atoms with Crippen LogP contribution in [0.4, 0.5) is 5.69 Å². The average Bonchev–Trinajstić information content (AvgIpc) is 3.23. The van der Waals surface area contributed by atoms with Gasteiger partial charge in [-0.2, -0.15) is 0 Å². The van der Waals surface area contributed by atoms with Crippen molar-refractivity contribution in [3.8, 4) is 0 Å². The number of piperidine rings is 1. The third-order valence-corrected chi connectivity index (χ3v) is 6.85. The fourth-order valence-electron chi connectivity index (χ4n) is 4.14. The van der Waals surface area contributed by atoms with E-state index < -0.39 is 6.04 Å². The molecule has 2 fully saturated rings. The number of nitrogens with zero attached hydrogens (tertiary/aromatic N) is 1. The molecule has 3 N–H and O–H groups in total. The lowest BCUT2D eigenvalue weighted by molar-refractivity contribution is -0.122. The molecule has 2 aromatic rings. The van der Waals surface area contributed by atoms with E-state index in [1.165, 1.54) is 4.88 Å². The van der Waals surface area contributed by atoms with Crippen LogP contribution in [0.25, 0.3) is 0 Å². The van der Waals surface area contributed by atoms with Crippen LogP contribution in [-0.4, -0.2) is 43.5 Å². The second-order valence-corrected chi connectivity index (χ2v) is 9.11. The molecule has 0 spiro atoms. The Morgan fingerprint density at radius 2 is 1.90 bits per heavy atom. The van der Waals surface area contributed by atoms with Crippen LogP contribution in [-0.2, 0) is 11.3 Å². The standard InChI is InChI=1S/C23H30N4O2S/c28-22(26-21-5-1-2-12-24-23(21)29)17-6-8-19(9-7-17)27-13-10-18(11-14-27)25-16-20-4-3-15-30-20/h3-4,6-9,15,18,21,25H,1-2,5,10-14,16H2,(H,24,29)(H,26,28)/t21-/m0/s1. The lowest BCUT2D eigenvalue weighted by atomic mass is 10.0. The zero-order valence-electron chi connectivity index (χ0n) is 17.2. The zero-order valence-corrected chi connectivity index (χ0v) is 18.0. The highest BCUT2D eigenvalue weighted by Crippen LogP contribution is 2.21. The number of amides is 2. The third-order valence-electron chi connectivity index (χ3n) is 5.98. The molecular weight excluding hydrogens is 396 g/mol. The van der Waals surface area contributed by atoms with Crippen molar-refractivity contribution >= 4 is 28.8 Å². The second kappa shape index (κ2) is 10.1. The average molecular weight is 427 g/mol. The molecule has 0 radical (unpaired) electrons. The van der Waals surface area contributed by atoms with E-state index in [1.807, 2.05) is 24.3 Å². The van der Waals surface area contributed by atoms with Gasteiger partial charge in [-0.3, -0.25) is 9.59 Å². The first-order chi connectivity index (χ1) is 14.7. The minimum Gasteiger partial charge on any atom is -0.371 e. The molecule has 0 saturated carbocycles. The van der Waals surface area contributed by atoms with Gasteiger partial charge in [0, 0.05) is 48.3 Å². The predicted octanol–water partition coefficient (Wildman–Crippen LogP) is 2.91. The van der Waals surface area contributed by atoms with Crippen LogP contribution < -0.4 is 20.9 Å². The predicted molar refractivity (Wildman–Crippen MR) is 121 cm³/mol. The Bertz CT molecular complexity index is 829. The van der Waals surface area contributed by atoms with Crippen LogP contribution in [0.2, 0.25) is 0 Å². The molecule has 30 heavy (non-hydrogen) atoms. The smallest absolute Gasteiger partial charge is 0.251 e. The van der Waals surface area contributed by atoms with Crippen LogP contribution in [0.5, 0.6) is 0 Å². The quantitative estimate of drug-likeness (QED) is 0.664. The highest BCUT2D eigenvalue weighted by Gasteiger charge is 2.23. The molecule has 2 aliphatic heterocycles. The van der Waals surface area contributed by atoms with E-state index >= 15 is 0 Å². The van der Waals surface area contributed by atoms with Crippen molar-refractivity contribution in [2.24, 2.45) is 0 Å². The van der Waals surface area contributed by atoms with E-state index in [4.69, 9.17) is 0 Å². The van der Waals surface area contributed by atoms with Crippen LogP contribution in [0, 0.1) is 0 Å². The molecule has 2 amide bonds. The fourth-order valence-corrected chi connectivity index (χ4v) is 4.80. The molecule has 1 atom stereocenters. The zero-order chi connectivity index (χ0) is 20.8. The van der Waals surface area contributed by atoms with E-state index in [0.717, 1.165) is 51.0 Å². The lowest BCUT2D eigenvalue weighted by Crippen LogP contribution is -2.45. The molecule has 160 valence electrons. The normalized spacial score (nSPS) is 20.5. The summed E-state index contributed by atoms with van der Waals surface area (Å²) in [6.07, 6.45) is 4.84. The highest BCUT2D eigenvalue weighted by atomic mass is 32.1. The Balaban J connectivity index is 1.26. The van der Waals surface area contributed by atoms with Crippen LogP contribution in [0.1, 0.15) is 47.3 Å². The van der Waals surface area contributed by atoms with Gasteiger partial charge in [-0.15, -0.1) is 11.3 Å². The molecule has 0 bridgehead atoms. The molecule has 2 saturated heterocycles. The number of rotatable bonds is 6. The summed E-state index contributed by atoms with van der Waals surface area (Å²) in [6, 6.07) is 12.1. The van der Waals surface area contributed by atoms with Gasteiger partial charge in [0.2, 0.25) is 5.91 Å². The van der Waals surface area contributed by atoms with Crippen molar-refractivity contribution in [1.29, 1.82) is 0 Å². The van der Waals surface area contributed by atoms with Gasteiger partial charge >= 0.3 is 0 Å². The first-order valence-electron chi connectivity index (χ1n) is 10.9. The molecule has 1 aromatic carbocycles. The van der Waals surface area contributed by atoms with Gasteiger partial charge in [-0.05, 0) is 67.8 Å². The van der Waals surface area contributed by atoms with Crippen molar-refractivity contribution in [1.82, 2.24) is 16.0 Å². The summed E-state index contributed by atoms with van der Waals surface area (Å²) in [5.74, 6) is -0.256. The molecule has 6 nitrogen and oxygen atoms in total. The second-order valence-electron chi connectivity index (χ2n) is 8.08. The van der Waals surface area contributed by atoms with Crippen molar-refractivity contribution in [2.45, 2.75) is 50.7 Å². The largest absolute Gasteiger partial charge is 0.371 e. The molecule has 0 unspecified atom stereocenters. The van der Waals surface area contributed by atoms with Crippen molar-refractivity contribution in [3.05, 3.63) is 52.2 Å². The summed E-state index contributed by atoms with van der Waals surface area (Å²) in [6.45, 7) is 3.66. The molecule has 4 rings (SSSR count). The van der Waals surface area contributed by atoms with Gasteiger partial charge in [0.05, 0.1) is 0 Å². The Morgan fingerprint density at radius 3 is 2.63 bits per heavy atom. The van der Waals surface area contributed by atoms with E-state index in [0.29, 0.717) is 24.6 Å². The summed E-state index contributed by atoms with van der Waals surface area (Å²) in [4.78, 5) is 28.4. The van der Waals surface area contributed by atoms with Crippen molar-refractivity contribution in [2.75, 3.05) is 24.5 Å². The number of thiophene rings is 1. The van der Waals surface area contributed by atoms with E-state index in [-0.39, 0.29) is 11.8 Å². The number of hydrogen-bond donors (Lipinski definition) is 3. The minimum absolute atomic E-state index is 0.0759. The Labute approximate surface area is 182 Å². The topological polar surface area (TPSA) is 73.5 Å². The summed E-state index contributed by atoms with van der Waals surface area (Å²) in [5.41, 5.74) is 1.75. The number of carbonyl (C=O) groups excluding carboxylic acids is 2. The van der Waals surface area contributed by atoms with E-state index in [2.05, 4.69) is 38.4 Å². The van der Waals surface area contributed by atoms with Gasteiger partial charge in [0.25, 0.3) is 5.91 Å². The maximum absolute atomic E-state index is 12.6. The maximum atomic E-state index is 12.6. The maximum Gasteiger partial charge on any atom is 0.251 e. The third kappa shape index (κ3) is 5.40. The number of nitrogens with one attached hydrogen (secondary N) is 3. The lowest BCUT2D eigenvalue weighted by Gasteiger charge is -2.34. The number of benzene rings is 1. The Hall–Kier alpha value is -2.38. The summed E-state index contributed by atoms with van der Waals surface area (Å²) in [5, 5.41) is 11.5. The van der Waals surface area contributed by atoms with Gasteiger partial charge < -0.3 is 20.9 Å².